The van der Waals surface area contributed by atoms with Gasteiger partial charge in [0.1, 0.15) is 17.6 Å². The van der Waals surface area contributed by atoms with Gasteiger partial charge in [0.2, 0.25) is 17.4 Å². The fourth-order valence-electron chi connectivity index (χ4n) is 3.37. The molecule has 0 radical (unpaired) electrons. The Labute approximate surface area is 154 Å². The summed E-state index contributed by atoms with van der Waals surface area (Å²) >= 11 is 0. The highest BCUT2D eigenvalue weighted by Gasteiger charge is 2.18. The highest BCUT2D eigenvalue weighted by Crippen LogP contribution is 2.23. The molecule has 8 heteroatoms. The summed E-state index contributed by atoms with van der Waals surface area (Å²) in [6.07, 6.45) is 3.69. The highest BCUT2D eigenvalue weighted by atomic mass is 16.3. The van der Waals surface area contributed by atoms with Gasteiger partial charge in [0, 0.05) is 31.4 Å². The minimum atomic E-state index is -0.403. The van der Waals surface area contributed by atoms with E-state index < -0.39 is 5.56 Å². The lowest BCUT2D eigenvalue weighted by atomic mass is 10.2. The maximum Gasteiger partial charge on any atom is 0.297 e. The van der Waals surface area contributed by atoms with Crippen molar-refractivity contribution in [3.63, 3.8) is 0 Å². The van der Waals surface area contributed by atoms with Gasteiger partial charge in [0.15, 0.2) is 0 Å². The number of rotatable bonds is 5. The quantitative estimate of drug-likeness (QED) is 0.731. The van der Waals surface area contributed by atoms with Crippen molar-refractivity contribution in [1.29, 1.82) is 0 Å². The van der Waals surface area contributed by atoms with E-state index in [4.69, 9.17) is 4.42 Å². The molecule has 0 saturated carbocycles. The molecule has 1 aliphatic rings. The van der Waals surface area contributed by atoms with Crippen LogP contribution in [0.5, 0.6) is 0 Å². The maximum absolute atomic E-state index is 12.6. The molecule has 0 aliphatic carbocycles. The second-order valence-corrected chi connectivity index (χ2v) is 6.64. The molecule has 1 aromatic carbocycles. The first-order chi connectivity index (χ1) is 13.1. The normalized spacial score (nSPS) is 14.1. The standard InChI is InChI=1S/C19H20N4O4/c24-15(20-8-7-16(25)22-9-3-4-10-22)11-23-12-21-17-13-5-1-2-6-14(13)27-18(17)19(23)26/h1-2,5-6,12H,3-4,7-11H2,(H,20,24). The van der Waals surface area contributed by atoms with E-state index in [2.05, 4.69) is 10.3 Å². The van der Waals surface area contributed by atoms with Gasteiger partial charge in [-0.1, -0.05) is 12.1 Å². The van der Waals surface area contributed by atoms with E-state index in [1.54, 1.807) is 6.07 Å². The topological polar surface area (TPSA) is 97.4 Å². The third-order valence-corrected chi connectivity index (χ3v) is 4.78. The minimum absolute atomic E-state index is 0.0512. The lowest BCUT2D eigenvalue weighted by Crippen LogP contribution is -2.35. The number of aromatic nitrogens is 2. The van der Waals surface area contributed by atoms with Crippen LogP contribution in [-0.2, 0) is 16.1 Å². The van der Waals surface area contributed by atoms with Gasteiger partial charge in [-0.2, -0.15) is 0 Å². The zero-order chi connectivity index (χ0) is 18.8. The van der Waals surface area contributed by atoms with Gasteiger partial charge in [-0.25, -0.2) is 4.98 Å². The average molecular weight is 368 g/mol. The lowest BCUT2D eigenvalue weighted by Gasteiger charge is -2.15. The molecule has 1 aliphatic heterocycles. The molecule has 1 fully saturated rings. The minimum Gasteiger partial charge on any atom is -0.448 e. The van der Waals surface area contributed by atoms with Gasteiger partial charge in [-0.3, -0.25) is 19.0 Å². The van der Waals surface area contributed by atoms with Gasteiger partial charge < -0.3 is 14.6 Å². The number of benzene rings is 1. The van der Waals surface area contributed by atoms with Crippen LogP contribution in [0.25, 0.3) is 22.1 Å². The van der Waals surface area contributed by atoms with Gasteiger partial charge in [0.05, 0.1) is 6.33 Å². The number of fused-ring (bicyclic) bond motifs is 3. The highest BCUT2D eigenvalue weighted by molar-refractivity contribution is 6.01. The number of para-hydroxylation sites is 1. The summed E-state index contributed by atoms with van der Waals surface area (Å²) < 4.78 is 6.81. The summed E-state index contributed by atoms with van der Waals surface area (Å²) in [5, 5.41) is 3.45. The predicted molar refractivity (Wildman–Crippen MR) is 99.2 cm³/mol. The van der Waals surface area contributed by atoms with Crippen LogP contribution >= 0.6 is 0 Å². The van der Waals surface area contributed by atoms with Gasteiger partial charge in [0.25, 0.3) is 5.56 Å². The Morgan fingerprint density at radius 3 is 2.78 bits per heavy atom. The molecule has 2 amide bonds. The van der Waals surface area contributed by atoms with E-state index in [-0.39, 0.29) is 36.9 Å². The molecule has 8 nitrogen and oxygen atoms in total. The predicted octanol–water partition coefficient (Wildman–Crippen LogP) is 1.27. The van der Waals surface area contributed by atoms with Gasteiger partial charge in [-0.15, -0.1) is 0 Å². The molecule has 2 aromatic heterocycles. The summed E-state index contributed by atoms with van der Waals surface area (Å²) in [5.74, 6) is -0.293. The molecule has 0 bridgehead atoms. The molecule has 3 heterocycles. The SMILES string of the molecule is O=C(Cn1cnc2c(oc3ccccc32)c1=O)NCCC(=O)N1CCCC1. The van der Waals surface area contributed by atoms with Crippen LogP contribution in [0.2, 0.25) is 0 Å². The second-order valence-electron chi connectivity index (χ2n) is 6.64. The third kappa shape index (κ3) is 3.42. The molecular formula is C19H20N4O4. The van der Waals surface area contributed by atoms with E-state index in [1.165, 1.54) is 10.9 Å². The largest absolute Gasteiger partial charge is 0.448 e. The summed E-state index contributed by atoms with van der Waals surface area (Å²) in [6.45, 7) is 1.68. The Bertz CT molecular complexity index is 1060. The zero-order valence-corrected chi connectivity index (χ0v) is 14.8. The van der Waals surface area contributed by atoms with E-state index >= 15 is 0 Å². The van der Waals surface area contributed by atoms with Gasteiger partial charge in [-0.05, 0) is 25.0 Å². The number of furan rings is 1. The molecular weight excluding hydrogens is 348 g/mol. The maximum atomic E-state index is 12.6. The lowest BCUT2D eigenvalue weighted by molar-refractivity contribution is -0.130. The smallest absolute Gasteiger partial charge is 0.297 e. The van der Waals surface area contributed by atoms with Crippen LogP contribution in [0.1, 0.15) is 19.3 Å². The molecule has 1 saturated heterocycles. The molecule has 4 rings (SSSR count). The first-order valence-corrected chi connectivity index (χ1v) is 9.04. The van der Waals surface area contributed by atoms with Crippen LogP contribution in [0, 0.1) is 0 Å². The molecule has 0 spiro atoms. The number of carbonyl (C=O) groups excluding carboxylic acids is 2. The summed E-state index contributed by atoms with van der Waals surface area (Å²) in [5.41, 5.74) is 0.804. The first-order valence-electron chi connectivity index (χ1n) is 9.04. The number of amides is 2. The van der Waals surface area contributed by atoms with Gasteiger partial charge >= 0.3 is 0 Å². The number of carbonyl (C=O) groups is 2. The summed E-state index contributed by atoms with van der Waals surface area (Å²) in [4.78, 5) is 42.8. The van der Waals surface area contributed by atoms with Crippen LogP contribution in [0.4, 0.5) is 0 Å². The fraction of sp³-hybridized carbons (Fsp3) is 0.368. The van der Waals surface area contributed by atoms with Crippen molar-refractivity contribution in [2.24, 2.45) is 0 Å². The number of likely N-dealkylation sites (tertiary alicyclic amines) is 1. The van der Waals surface area contributed by atoms with Crippen molar-refractivity contribution >= 4 is 33.9 Å². The van der Waals surface area contributed by atoms with Crippen LogP contribution < -0.4 is 10.9 Å². The van der Waals surface area contributed by atoms with E-state index in [0.717, 1.165) is 31.3 Å². The van der Waals surface area contributed by atoms with Crippen molar-refractivity contribution in [3.8, 4) is 0 Å². The van der Waals surface area contributed by atoms with E-state index in [9.17, 15) is 14.4 Å². The van der Waals surface area contributed by atoms with Crippen LogP contribution in [0.15, 0.2) is 39.8 Å². The molecule has 3 aromatic rings. The monoisotopic (exact) mass is 368 g/mol. The number of nitrogens with one attached hydrogen (secondary N) is 1. The van der Waals surface area contributed by atoms with Crippen LogP contribution in [-0.4, -0.2) is 45.9 Å². The first kappa shape index (κ1) is 17.3. The van der Waals surface area contributed by atoms with Crippen molar-refractivity contribution < 1.29 is 14.0 Å². The molecule has 140 valence electrons. The van der Waals surface area contributed by atoms with Crippen molar-refractivity contribution in [3.05, 3.63) is 40.9 Å². The Balaban J connectivity index is 1.41. The molecule has 0 atom stereocenters. The third-order valence-electron chi connectivity index (χ3n) is 4.78. The van der Waals surface area contributed by atoms with Crippen molar-refractivity contribution in [2.45, 2.75) is 25.8 Å². The van der Waals surface area contributed by atoms with E-state index in [1.807, 2.05) is 23.1 Å². The average Bonchev–Trinajstić information content (AvgIpc) is 3.32. The Kier molecular flexibility index (Phi) is 4.62. The second kappa shape index (κ2) is 7.22. The Hall–Kier alpha value is -3.16. The van der Waals surface area contributed by atoms with Crippen molar-refractivity contribution in [2.75, 3.05) is 19.6 Å². The number of hydrogen-bond acceptors (Lipinski definition) is 5. The zero-order valence-electron chi connectivity index (χ0n) is 14.8. The van der Waals surface area contributed by atoms with Crippen LogP contribution in [0.3, 0.4) is 0 Å². The molecule has 0 unspecified atom stereocenters. The fourth-order valence-corrected chi connectivity index (χ4v) is 3.37. The van der Waals surface area contributed by atoms with Crippen molar-refractivity contribution in [1.82, 2.24) is 19.8 Å². The Morgan fingerprint density at radius 2 is 1.96 bits per heavy atom. The Morgan fingerprint density at radius 1 is 1.19 bits per heavy atom. The summed E-state index contributed by atoms with van der Waals surface area (Å²) in [7, 11) is 0. The number of nitrogens with zero attached hydrogens (tertiary/aromatic N) is 3. The van der Waals surface area contributed by atoms with E-state index in [0.29, 0.717) is 11.1 Å². The molecule has 27 heavy (non-hydrogen) atoms. The number of hydrogen-bond donors (Lipinski definition) is 1. The summed E-state index contributed by atoms with van der Waals surface area (Å²) in [6, 6.07) is 7.27. The molecule has 1 N–H and O–H groups in total.